The number of benzene rings is 1. The SMILES string of the molecule is CCCCCCCCCCCCCCCC(O)Oc1ccccc1C(=O)O. The van der Waals surface area contributed by atoms with E-state index in [9.17, 15) is 9.90 Å². The summed E-state index contributed by atoms with van der Waals surface area (Å²) in [6.45, 7) is 2.26. The molecule has 0 radical (unpaired) electrons. The van der Waals surface area contributed by atoms with Crippen molar-refractivity contribution in [3.05, 3.63) is 29.8 Å². The van der Waals surface area contributed by atoms with Gasteiger partial charge in [0.2, 0.25) is 0 Å². The molecule has 0 saturated carbocycles. The van der Waals surface area contributed by atoms with E-state index < -0.39 is 12.3 Å². The first-order valence-electron chi connectivity index (χ1n) is 10.8. The second kappa shape index (κ2) is 15.5. The Morgan fingerprint density at radius 1 is 0.852 bits per heavy atom. The number of aliphatic hydroxyl groups is 1. The highest BCUT2D eigenvalue weighted by molar-refractivity contribution is 5.90. The van der Waals surface area contributed by atoms with Crippen LogP contribution in [0.4, 0.5) is 0 Å². The second-order valence-electron chi connectivity index (χ2n) is 7.41. The van der Waals surface area contributed by atoms with Gasteiger partial charge in [-0.2, -0.15) is 0 Å². The maximum atomic E-state index is 11.1. The Labute approximate surface area is 164 Å². The standard InChI is InChI=1S/C23H38O4/c1-2-3-4-5-6-7-8-9-10-11-12-13-14-19-22(24)27-21-18-16-15-17-20(21)23(25)26/h15-18,22,24H,2-14,19H2,1H3,(H,25,26). The van der Waals surface area contributed by atoms with E-state index in [1.807, 2.05) is 0 Å². The zero-order chi connectivity index (χ0) is 19.7. The van der Waals surface area contributed by atoms with Crippen LogP contribution in [0.15, 0.2) is 24.3 Å². The van der Waals surface area contributed by atoms with E-state index in [1.54, 1.807) is 18.2 Å². The van der Waals surface area contributed by atoms with Gasteiger partial charge in [-0.15, -0.1) is 0 Å². The highest BCUT2D eigenvalue weighted by Crippen LogP contribution is 2.20. The minimum Gasteiger partial charge on any atom is -0.478 e. The molecule has 4 nitrogen and oxygen atoms in total. The molecule has 0 aliphatic carbocycles. The lowest BCUT2D eigenvalue weighted by Crippen LogP contribution is -2.17. The molecule has 1 aromatic carbocycles. The maximum absolute atomic E-state index is 11.1. The maximum Gasteiger partial charge on any atom is 0.339 e. The Balaban J connectivity index is 1.97. The Morgan fingerprint density at radius 3 is 1.85 bits per heavy atom. The van der Waals surface area contributed by atoms with Crippen LogP contribution in [0.5, 0.6) is 5.75 Å². The van der Waals surface area contributed by atoms with Gasteiger partial charge in [-0.1, -0.05) is 96.1 Å². The van der Waals surface area contributed by atoms with E-state index in [0.29, 0.717) is 6.42 Å². The number of carbonyl (C=O) groups is 1. The number of rotatable bonds is 17. The third-order valence-electron chi connectivity index (χ3n) is 4.94. The molecule has 1 rings (SSSR count). The van der Waals surface area contributed by atoms with Crippen molar-refractivity contribution in [1.82, 2.24) is 0 Å². The first-order chi connectivity index (χ1) is 13.1. The zero-order valence-electron chi connectivity index (χ0n) is 17.0. The van der Waals surface area contributed by atoms with E-state index in [0.717, 1.165) is 12.8 Å². The molecule has 0 fully saturated rings. The van der Waals surface area contributed by atoms with Crippen LogP contribution < -0.4 is 4.74 Å². The molecule has 1 unspecified atom stereocenters. The number of unbranched alkanes of at least 4 members (excludes halogenated alkanes) is 12. The number of ether oxygens (including phenoxy) is 1. The summed E-state index contributed by atoms with van der Waals surface area (Å²) in [5, 5.41) is 19.1. The lowest BCUT2D eigenvalue weighted by molar-refractivity contribution is -0.0252. The predicted molar refractivity (Wildman–Crippen MR) is 110 cm³/mol. The van der Waals surface area contributed by atoms with Crippen LogP contribution in [0.2, 0.25) is 0 Å². The molecule has 0 aliphatic heterocycles. The minimum atomic E-state index is -1.04. The van der Waals surface area contributed by atoms with Crippen molar-refractivity contribution in [3.63, 3.8) is 0 Å². The van der Waals surface area contributed by atoms with Crippen molar-refractivity contribution >= 4 is 5.97 Å². The first-order valence-corrected chi connectivity index (χ1v) is 10.8. The van der Waals surface area contributed by atoms with Crippen molar-refractivity contribution < 1.29 is 19.7 Å². The number of carboxylic acid groups (broad SMARTS) is 1. The Kier molecular flexibility index (Phi) is 13.5. The number of para-hydroxylation sites is 1. The van der Waals surface area contributed by atoms with Crippen LogP contribution in [0, 0.1) is 0 Å². The lowest BCUT2D eigenvalue weighted by atomic mass is 10.0. The van der Waals surface area contributed by atoms with Gasteiger partial charge in [0.25, 0.3) is 0 Å². The average molecular weight is 379 g/mol. The number of aliphatic hydroxyl groups excluding tert-OH is 1. The summed E-state index contributed by atoms with van der Waals surface area (Å²) >= 11 is 0. The molecule has 1 atom stereocenters. The van der Waals surface area contributed by atoms with Crippen molar-refractivity contribution in [3.8, 4) is 5.75 Å². The fourth-order valence-corrected chi connectivity index (χ4v) is 3.29. The summed E-state index contributed by atoms with van der Waals surface area (Å²) in [5.74, 6) is -0.814. The summed E-state index contributed by atoms with van der Waals surface area (Å²) in [6.07, 6.45) is 16.3. The van der Waals surface area contributed by atoms with Gasteiger partial charge < -0.3 is 14.9 Å². The van der Waals surface area contributed by atoms with Crippen LogP contribution >= 0.6 is 0 Å². The molecule has 4 heteroatoms. The van der Waals surface area contributed by atoms with Crippen LogP contribution in [-0.2, 0) is 0 Å². The van der Waals surface area contributed by atoms with Crippen LogP contribution in [0.1, 0.15) is 107 Å². The Morgan fingerprint density at radius 2 is 1.33 bits per heavy atom. The van der Waals surface area contributed by atoms with Gasteiger partial charge in [-0.05, 0) is 18.6 Å². The normalized spacial score (nSPS) is 12.1. The summed E-state index contributed by atoms with van der Waals surface area (Å²) in [4.78, 5) is 11.1. The molecule has 0 aromatic heterocycles. The fraction of sp³-hybridized carbons (Fsp3) is 0.696. The molecule has 0 spiro atoms. The van der Waals surface area contributed by atoms with Crippen molar-refractivity contribution in [2.75, 3.05) is 0 Å². The van der Waals surface area contributed by atoms with E-state index in [1.165, 1.54) is 76.7 Å². The van der Waals surface area contributed by atoms with Crippen LogP contribution in [0.25, 0.3) is 0 Å². The highest BCUT2D eigenvalue weighted by atomic mass is 16.6. The molecule has 0 saturated heterocycles. The van der Waals surface area contributed by atoms with Gasteiger partial charge in [0, 0.05) is 6.42 Å². The van der Waals surface area contributed by atoms with E-state index >= 15 is 0 Å². The zero-order valence-corrected chi connectivity index (χ0v) is 17.0. The van der Waals surface area contributed by atoms with Crippen molar-refractivity contribution in [1.29, 1.82) is 0 Å². The first kappa shape index (κ1) is 23.5. The van der Waals surface area contributed by atoms with E-state index in [-0.39, 0.29) is 11.3 Å². The summed E-state index contributed by atoms with van der Waals surface area (Å²) < 4.78 is 5.39. The minimum absolute atomic E-state index is 0.0851. The molecule has 27 heavy (non-hydrogen) atoms. The van der Waals surface area contributed by atoms with Gasteiger partial charge in [-0.25, -0.2) is 4.79 Å². The van der Waals surface area contributed by atoms with Gasteiger partial charge in [0.1, 0.15) is 11.3 Å². The molecule has 154 valence electrons. The molecular weight excluding hydrogens is 340 g/mol. The summed E-state index contributed by atoms with van der Waals surface area (Å²) in [6, 6.07) is 6.42. The average Bonchev–Trinajstić information content (AvgIpc) is 2.65. The lowest BCUT2D eigenvalue weighted by Gasteiger charge is -2.15. The van der Waals surface area contributed by atoms with E-state index in [2.05, 4.69) is 6.92 Å². The Bertz CT molecular complexity index is 501. The third-order valence-corrected chi connectivity index (χ3v) is 4.94. The number of hydrogen-bond donors (Lipinski definition) is 2. The molecule has 0 heterocycles. The largest absolute Gasteiger partial charge is 0.478 e. The number of carboxylic acids is 1. The van der Waals surface area contributed by atoms with Crippen LogP contribution in [-0.4, -0.2) is 22.5 Å². The topological polar surface area (TPSA) is 66.8 Å². The van der Waals surface area contributed by atoms with E-state index in [4.69, 9.17) is 9.84 Å². The second-order valence-corrected chi connectivity index (χ2v) is 7.41. The summed E-state index contributed by atoms with van der Waals surface area (Å²) in [5.41, 5.74) is 0.0851. The molecule has 0 aliphatic rings. The molecule has 2 N–H and O–H groups in total. The molecular formula is C23H38O4. The monoisotopic (exact) mass is 378 g/mol. The summed E-state index contributed by atoms with van der Waals surface area (Å²) in [7, 11) is 0. The number of hydrogen-bond acceptors (Lipinski definition) is 3. The van der Waals surface area contributed by atoms with Gasteiger partial charge in [0.05, 0.1) is 0 Å². The van der Waals surface area contributed by atoms with Gasteiger partial charge in [0.15, 0.2) is 6.29 Å². The quantitative estimate of drug-likeness (QED) is 0.238. The molecule has 1 aromatic rings. The smallest absolute Gasteiger partial charge is 0.339 e. The predicted octanol–water partition coefficient (Wildman–Crippen LogP) is 6.56. The fourth-order valence-electron chi connectivity index (χ4n) is 3.29. The van der Waals surface area contributed by atoms with Gasteiger partial charge in [-0.3, -0.25) is 0 Å². The van der Waals surface area contributed by atoms with Crippen LogP contribution in [0.3, 0.4) is 0 Å². The van der Waals surface area contributed by atoms with Crippen molar-refractivity contribution in [2.24, 2.45) is 0 Å². The molecule has 0 amide bonds. The number of aromatic carboxylic acids is 1. The highest BCUT2D eigenvalue weighted by Gasteiger charge is 2.13. The third kappa shape index (κ3) is 11.7. The van der Waals surface area contributed by atoms with Crippen molar-refractivity contribution in [2.45, 2.75) is 103 Å². The van der Waals surface area contributed by atoms with Gasteiger partial charge >= 0.3 is 5.97 Å². The molecule has 0 bridgehead atoms. The Hall–Kier alpha value is -1.55.